The highest BCUT2D eigenvalue weighted by Crippen LogP contribution is 2.40. The first-order chi connectivity index (χ1) is 8.84. The maximum absolute atomic E-state index is 12.4. The minimum Gasteiger partial charge on any atom is -0.247 e. The van der Waals surface area contributed by atoms with Gasteiger partial charge in [0.05, 0.1) is 10.4 Å². The van der Waals surface area contributed by atoms with Crippen molar-refractivity contribution in [1.29, 1.82) is 0 Å². The molecule has 1 atom stereocenters. The molecule has 2 nitrogen and oxygen atoms in total. The molecule has 0 radical (unpaired) electrons. The SMILES string of the molecule is O=S1c2ccccc2-c2cc3ccccc3nc21. The number of para-hydroxylation sites is 1. The Kier molecular flexibility index (Phi) is 1.94. The molecule has 0 amide bonds. The number of pyridine rings is 1. The third-order valence-electron chi connectivity index (χ3n) is 3.24. The zero-order chi connectivity index (χ0) is 12.1. The summed E-state index contributed by atoms with van der Waals surface area (Å²) < 4.78 is 12.4. The fraction of sp³-hybridized carbons (Fsp3) is 0. The topological polar surface area (TPSA) is 30.0 Å². The molecule has 18 heavy (non-hydrogen) atoms. The zero-order valence-corrected chi connectivity index (χ0v) is 10.3. The van der Waals surface area contributed by atoms with Crippen LogP contribution in [0.25, 0.3) is 22.0 Å². The molecule has 0 fully saturated rings. The van der Waals surface area contributed by atoms with Crippen molar-refractivity contribution in [1.82, 2.24) is 4.98 Å². The quantitative estimate of drug-likeness (QED) is 0.479. The van der Waals surface area contributed by atoms with Gasteiger partial charge in [-0.1, -0.05) is 36.4 Å². The van der Waals surface area contributed by atoms with Gasteiger partial charge in [-0.3, -0.25) is 0 Å². The van der Waals surface area contributed by atoms with Crippen molar-refractivity contribution in [2.24, 2.45) is 0 Å². The molecular weight excluding hydrogens is 242 g/mol. The second-order valence-corrected chi connectivity index (χ2v) is 5.66. The van der Waals surface area contributed by atoms with Crippen LogP contribution in [0.2, 0.25) is 0 Å². The molecule has 2 aromatic carbocycles. The summed E-state index contributed by atoms with van der Waals surface area (Å²) in [6.45, 7) is 0. The van der Waals surface area contributed by atoms with Crippen molar-refractivity contribution in [3.8, 4) is 11.1 Å². The summed E-state index contributed by atoms with van der Waals surface area (Å²) in [6, 6.07) is 17.8. The Bertz CT molecular complexity index is 810. The van der Waals surface area contributed by atoms with E-state index in [1.54, 1.807) is 0 Å². The van der Waals surface area contributed by atoms with Gasteiger partial charge in [0.1, 0.15) is 15.8 Å². The van der Waals surface area contributed by atoms with E-state index < -0.39 is 10.8 Å². The van der Waals surface area contributed by atoms with E-state index in [9.17, 15) is 4.21 Å². The molecule has 4 rings (SSSR count). The number of fused-ring (bicyclic) bond motifs is 4. The van der Waals surface area contributed by atoms with Gasteiger partial charge in [-0.05, 0) is 18.2 Å². The lowest BCUT2D eigenvalue weighted by molar-refractivity contribution is 0.683. The van der Waals surface area contributed by atoms with Crippen molar-refractivity contribution in [3.63, 3.8) is 0 Å². The third kappa shape index (κ3) is 1.22. The molecule has 2 heterocycles. The fourth-order valence-corrected chi connectivity index (χ4v) is 3.73. The highest BCUT2D eigenvalue weighted by Gasteiger charge is 2.26. The molecule has 0 saturated carbocycles. The molecule has 0 bridgehead atoms. The van der Waals surface area contributed by atoms with Gasteiger partial charge in [0.15, 0.2) is 0 Å². The van der Waals surface area contributed by atoms with Crippen LogP contribution < -0.4 is 0 Å². The minimum absolute atomic E-state index is 0.690. The first-order valence-electron chi connectivity index (χ1n) is 5.75. The molecule has 3 aromatic rings. The molecule has 0 N–H and O–H groups in total. The van der Waals surface area contributed by atoms with Crippen molar-refractivity contribution in [2.75, 3.05) is 0 Å². The summed E-state index contributed by atoms with van der Waals surface area (Å²) in [4.78, 5) is 5.42. The molecule has 1 aliphatic rings. The highest BCUT2D eigenvalue weighted by molar-refractivity contribution is 7.85. The van der Waals surface area contributed by atoms with Gasteiger partial charge in [-0.25, -0.2) is 9.19 Å². The lowest BCUT2D eigenvalue weighted by Gasteiger charge is -2.01. The number of rotatable bonds is 0. The lowest BCUT2D eigenvalue weighted by atomic mass is 10.1. The normalized spacial score (nSPS) is 16.6. The number of hydrogen-bond acceptors (Lipinski definition) is 2. The zero-order valence-electron chi connectivity index (χ0n) is 9.46. The Morgan fingerprint density at radius 3 is 2.61 bits per heavy atom. The predicted molar refractivity (Wildman–Crippen MR) is 71.9 cm³/mol. The maximum atomic E-state index is 12.4. The van der Waals surface area contributed by atoms with Crippen molar-refractivity contribution in [2.45, 2.75) is 9.92 Å². The van der Waals surface area contributed by atoms with Crippen molar-refractivity contribution < 1.29 is 4.21 Å². The minimum atomic E-state index is -1.14. The van der Waals surface area contributed by atoms with Crippen LogP contribution in [-0.4, -0.2) is 9.19 Å². The molecule has 1 aromatic heterocycles. The van der Waals surface area contributed by atoms with Crippen LogP contribution in [0.3, 0.4) is 0 Å². The first kappa shape index (κ1) is 9.97. The maximum Gasteiger partial charge on any atom is 0.140 e. The number of nitrogens with zero attached hydrogens (tertiary/aromatic N) is 1. The van der Waals surface area contributed by atoms with Crippen molar-refractivity contribution in [3.05, 3.63) is 54.6 Å². The molecule has 0 spiro atoms. The third-order valence-corrected chi connectivity index (χ3v) is 4.66. The van der Waals surface area contributed by atoms with Crippen LogP contribution in [-0.2, 0) is 10.8 Å². The summed E-state index contributed by atoms with van der Waals surface area (Å²) in [6.07, 6.45) is 0. The monoisotopic (exact) mass is 251 g/mol. The average Bonchev–Trinajstić information content (AvgIpc) is 2.71. The standard InChI is InChI=1S/C15H9NOS/c17-18-14-8-4-2-6-11(14)12-9-10-5-1-3-7-13(10)16-15(12)18/h1-9H. The van der Waals surface area contributed by atoms with Crippen LogP contribution in [0.5, 0.6) is 0 Å². The summed E-state index contributed by atoms with van der Waals surface area (Å²) in [5.41, 5.74) is 2.95. The summed E-state index contributed by atoms with van der Waals surface area (Å²) in [5.74, 6) is 0. The molecular formula is C15H9NOS. The Morgan fingerprint density at radius 2 is 1.67 bits per heavy atom. The Morgan fingerprint density at radius 1 is 0.889 bits per heavy atom. The summed E-state index contributed by atoms with van der Waals surface area (Å²) >= 11 is 0. The second kappa shape index (κ2) is 3.50. The van der Waals surface area contributed by atoms with Crippen LogP contribution >= 0.6 is 0 Å². The van der Waals surface area contributed by atoms with Crippen LogP contribution in [0.15, 0.2) is 64.5 Å². The van der Waals surface area contributed by atoms with Crippen LogP contribution in [0, 0.1) is 0 Å². The Hall–Kier alpha value is -2.00. The fourth-order valence-electron chi connectivity index (χ4n) is 2.39. The predicted octanol–water partition coefficient (Wildman–Crippen LogP) is 3.38. The lowest BCUT2D eigenvalue weighted by Crippen LogP contribution is -1.90. The van der Waals surface area contributed by atoms with Crippen LogP contribution in [0.4, 0.5) is 0 Å². The van der Waals surface area contributed by atoms with E-state index in [1.807, 2.05) is 48.5 Å². The van der Waals surface area contributed by atoms with E-state index in [-0.39, 0.29) is 0 Å². The number of hydrogen-bond donors (Lipinski definition) is 0. The number of benzene rings is 2. The van der Waals surface area contributed by atoms with Gasteiger partial charge >= 0.3 is 0 Å². The smallest absolute Gasteiger partial charge is 0.140 e. The van der Waals surface area contributed by atoms with E-state index in [2.05, 4.69) is 11.1 Å². The highest BCUT2D eigenvalue weighted by atomic mass is 32.2. The van der Waals surface area contributed by atoms with Gasteiger partial charge in [0.2, 0.25) is 0 Å². The first-order valence-corrected chi connectivity index (χ1v) is 6.90. The molecule has 0 saturated heterocycles. The molecule has 1 aliphatic heterocycles. The summed E-state index contributed by atoms with van der Waals surface area (Å²) in [7, 11) is -1.14. The van der Waals surface area contributed by atoms with Gasteiger partial charge in [0.25, 0.3) is 0 Å². The molecule has 86 valence electrons. The van der Waals surface area contributed by atoms with E-state index >= 15 is 0 Å². The largest absolute Gasteiger partial charge is 0.247 e. The summed E-state index contributed by atoms with van der Waals surface area (Å²) in [5, 5.41) is 1.78. The number of aromatic nitrogens is 1. The Labute approximate surface area is 107 Å². The average molecular weight is 251 g/mol. The van der Waals surface area contributed by atoms with Gasteiger partial charge < -0.3 is 0 Å². The van der Waals surface area contributed by atoms with Crippen LogP contribution in [0.1, 0.15) is 0 Å². The molecule has 1 unspecified atom stereocenters. The van der Waals surface area contributed by atoms with Gasteiger partial charge in [0, 0.05) is 16.5 Å². The molecule has 0 aliphatic carbocycles. The van der Waals surface area contributed by atoms with Gasteiger partial charge in [-0.15, -0.1) is 0 Å². The molecule has 3 heteroatoms. The Balaban J connectivity index is 2.14. The van der Waals surface area contributed by atoms with E-state index in [4.69, 9.17) is 0 Å². The van der Waals surface area contributed by atoms with E-state index in [1.165, 1.54) is 0 Å². The van der Waals surface area contributed by atoms with Gasteiger partial charge in [-0.2, -0.15) is 0 Å². The van der Waals surface area contributed by atoms with E-state index in [0.717, 1.165) is 26.9 Å². The van der Waals surface area contributed by atoms with Crippen molar-refractivity contribution >= 4 is 21.7 Å². The second-order valence-electron chi connectivity index (χ2n) is 4.30. The van der Waals surface area contributed by atoms with E-state index in [0.29, 0.717) is 5.03 Å².